The van der Waals surface area contributed by atoms with E-state index >= 15 is 0 Å². The molecule has 9 heteroatoms. The Morgan fingerprint density at radius 1 is 1.20 bits per heavy atom. The predicted molar refractivity (Wildman–Crippen MR) is 67.1 cm³/mol. The van der Waals surface area contributed by atoms with Crippen LogP contribution in [0.25, 0.3) is 0 Å². The topological polar surface area (TPSA) is 72.2 Å². The van der Waals surface area contributed by atoms with Crippen molar-refractivity contribution in [1.82, 2.24) is 0 Å². The summed E-state index contributed by atoms with van der Waals surface area (Å²) in [6.07, 6.45) is -4.11. The van der Waals surface area contributed by atoms with Gasteiger partial charge in [-0.1, -0.05) is 0 Å². The highest BCUT2D eigenvalue weighted by Crippen LogP contribution is 2.33. The first-order valence-corrected chi connectivity index (χ1v) is 7.38. The first-order valence-electron chi connectivity index (χ1n) is 5.73. The molecule has 0 atom stereocenters. The first kappa shape index (κ1) is 16.7. The third-order valence-corrected chi connectivity index (χ3v) is 3.79. The first-order chi connectivity index (χ1) is 9.15. The lowest BCUT2D eigenvalue weighted by Crippen LogP contribution is -2.18. The minimum Gasteiger partial charge on any atom is -0.330 e. The van der Waals surface area contributed by atoms with Gasteiger partial charge in [0.2, 0.25) is 10.0 Å². The van der Waals surface area contributed by atoms with Crippen molar-refractivity contribution in [2.45, 2.75) is 19.0 Å². The monoisotopic (exact) mass is 314 g/mol. The number of alkyl halides is 3. The molecule has 0 amide bonds. The molecule has 0 radical (unpaired) electrons. The molecule has 0 bridgehead atoms. The van der Waals surface area contributed by atoms with Gasteiger partial charge < -0.3 is 5.73 Å². The summed E-state index contributed by atoms with van der Waals surface area (Å²) >= 11 is 0. The SMILES string of the molecule is NCCCCS(=O)(=O)Nc1ccc(F)c(C(F)(F)F)c1. The minimum absolute atomic E-state index is 0.261. The molecule has 3 N–H and O–H groups in total. The molecular formula is C11H14F4N2O2S. The Labute approximate surface area is 114 Å². The molecule has 1 rings (SSSR count). The van der Waals surface area contributed by atoms with Crippen molar-refractivity contribution < 1.29 is 26.0 Å². The van der Waals surface area contributed by atoms with Crippen LogP contribution < -0.4 is 10.5 Å². The maximum Gasteiger partial charge on any atom is 0.419 e. The van der Waals surface area contributed by atoms with Crippen LogP contribution in [0.4, 0.5) is 23.2 Å². The van der Waals surface area contributed by atoms with E-state index in [0.717, 1.165) is 6.07 Å². The number of hydrogen-bond donors (Lipinski definition) is 2. The van der Waals surface area contributed by atoms with Crippen LogP contribution in [0.15, 0.2) is 18.2 Å². The zero-order valence-corrected chi connectivity index (χ0v) is 11.2. The fourth-order valence-electron chi connectivity index (χ4n) is 1.47. The van der Waals surface area contributed by atoms with Crippen LogP contribution in [0, 0.1) is 5.82 Å². The highest BCUT2D eigenvalue weighted by molar-refractivity contribution is 7.92. The number of rotatable bonds is 6. The van der Waals surface area contributed by atoms with E-state index in [9.17, 15) is 26.0 Å². The maximum atomic E-state index is 13.0. The van der Waals surface area contributed by atoms with Gasteiger partial charge >= 0.3 is 6.18 Å². The summed E-state index contributed by atoms with van der Waals surface area (Å²) in [4.78, 5) is 0. The predicted octanol–water partition coefficient (Wildman–Crippen LogP) is 2.33. The van der Waals surface area contributed by atoms with Crippen molar-refractivity contribution in [2.24, 2.45) is 5.73 Å². The minimum atomic E-state index is -4.88. The molecule has 0 aliphatic carbocycles. The van der Waals surface area contributed by atoms with Crippen LogP contribution in [-0.2, 0) is 16.2 Å². The normalized spacial score (nSPS) is 12.4. The smallest absolute Gasteiger partial charge is 0.330 e. The van der Waals surface area contributed by atoms with Gasteiger partial charge in [-0.2, -0.15) is 13.2 Å². The Hall–Kier alpha value is -1.35. The molecule has 0 fully saturated rings. The number of nitrogens with two attached hydrogens (primary N) is 1. The van der Waals surface area contributed by atoms with E-state index in [-0.39, 0.29) is 11.4 Å². The van der Waals surface area contributed by atoms with Gasteiger partial charge in [0, 0.05) is 5.69 Å². The van der Waals surface area contributed by atoms with Gasteiger partial charge in [0.25, 0.3) is 0 Å². The van der Waals surface area contributed by atoms with E-state index in [1.165, 1.54) is 0 Å². The second-order valence-electron chi connectivity index (χ2n) is 4.11. The molecule has 0 saturated heterocycles. The Kier molecular flexibility index (Phi) is 5.35. The number of sulfonamides is 1. The summed E-state index contributed by atoms with van der Waals surface area (Å²) in [5, 5.41) is 0. The van der Waals surface area contributed by atoms with Crippen molar-refractivity contribution in [3.8, 4) is 0 Å². The van der Waals surface area contributed by atoms with E-state index in [4.69, 9.17) is 5.73 Å². The van der Waals surface area contributed by atoms with Gasteiger partial charge in [0.15, 0.2) is 0 Å². The van der Waals surface area contributed by atoms with E-state index in [1.807, 2.05) is 4.72 Å². The van der Waals surface area contributed by atoms with Crippen LogP contribution in [0.1, 0.15) is 18.4 Å². The Morgan fingerprint density at radius 2 is 1.85 bits per heavy atom. The lowest BCUT2D eigenvalue weighted by Gasteiger charge is -2.12. The average Bonchev–Trinajstić information content (AvgIpc) is 2.30. The average molecular weight is 314 g/mol. The standard InChI is InChI=1S/C11H14F4N2O2S/c12-10-4-3-8(7-9(10)11(13,14)15)17-20(18,19)6-2-1-5-16/h3-4,7,17H,1-2,5-6,16H2. The summed E-state index contributed by atoms with van der Waals surface area (Å²) in [5.74, 6) is -1.72. The summed E-state index contributed by atoms with van der Waals surface area (Å²) in [6, 6.07) is 1.93. The molecule has 0 saturated carbocycles. The van der Waals surface area contributed by atoms with Crippen LogP contribution in [-0.4, -0.2) is 20.7 Å². The van der Waals surface area contributed by atoms with Crippen LogP contribution >= 0.6 is 0 Å². The van der Waals surface area contributed by atoms with Gasteiger partial charge in [-0.3, -0.25) is 4.72 Å². The summed E-state index contributed by atoms with van der Waals surface area (Å²) in [6.45, 7) is 0.324. The van der Waals surface area contributed by atoms with E-state index in [0.29, 0.717) is 31.5 Å². The molecule has 1 aromatic rings. The molecule has 0 aromatic heterocycles. The molecule has 0 aliphatic rings. The number of halogens is 4. The second kappa shape index (κ2) is 6.40. The Morgan fingerprint density at radius 3 is 2.40 bits per heavy atom. The van der Waals surface area contributed by atoms with Crippen LogP contribution in [0.5, 0.6) is 0 Å². The Balaban J connectivity index is 2.88. The maximum absolute atomic E-state index is 13.0. The molecule has 114 valence electrons. The third kappa shape index (κ3) is 4.97. The molecular weight excluding hydrogens is 300 g/mol. The van der Waals surface area contributed by atoms with Crippen LogP contribution in [0.3, 0.4) is 0 Å². The fraction of sp³-hybridized carbons (Fsp3) is 0.455. The van der Waals surface area contributed by atoms with Gasteiger partial charge in [-0.15, -0.1) is 0 Å². The van der Waals surface area contributed by atoms with Gasteiger partial charge in [0.05, 0.1) is 11.3 Å². The number of benzene rings is 1. The van der Waals surface area contributed by atoms with E-state index in [1.54, 1.807) is 0 Å². The van der Waals surface area contributed by atoms with Crippen molar-refractivity contribution in [3.63, 3.8) is 0 Å². The fourth-order valence-corrected chi connectivity index (χ4v) is 2.65. The third-order valence-electron chi connectivity index (χ3n) is 2.41. The van der Waals surface area contributed by atoms with Gasteiger partial charge in [-0.05, 0) is 37.6 Å². The lowest BCUT2D eigenvalue weighted by atomic mass is 10.2. The van der Waals surface area contributed by atoms with Gasteiger partial charge in [0.1, 0.15) is 5.82 Å². The number of unbranched alkanes of at least 4 members (excludes halogenated alkanes) is 1. The van der Waals surface area contributed by atoms with E-state index in [2.05, 4.69) is 0 Å². The molecule has 1 aromatic carbocycles. The zero-order chi connectivity index (χ0) is 15.4. The van der Waals surface area contributed by atoms with Crippen molar-refractivity contribution >= 4 is 15.7 Å². The zero-order valence-electron chi connectivity index (χ0n) is 10.4. The quantitative estimate of drug-likeness (QED) is 0.625. The molecule has 0 aliphatic heterocycles. The van der Waals surface area contributed by atoms with Crippen molar-refractivity contribution in [1.29, 1.82) is 0 Å². The summed E-state index contributed by atoms with van der Waals surface area (Å²) < 4.78 is 75.6. The Bertz CT molecular complexity index is 558. The molecule has 20 heavy (non-hydrogen) atoms. The molecule has 0 unspecified atom stereocenters. The molecule has 4 nitrogen and oxygen atoms in total. The van der Waals surface area contributed by atoms with Crippen molar-refractivity contribution in [2.75, 3.05) is 17.0 Å². The second-order valence-corrected chi connectivity index (χ2v) is 5.95. The highest BCUT2D eigenvalue weighted by Gasteiger charge is 2.34. The highest BCUT2D eigenvalue weighted by atomic mass is 32.2. The lowest BCUT2D eigenvalue weighted by molar-refractivity contribution is -0.139. The van der Waals surface area contributed by atoms with Crippen LogP contribution in [0.2, 0.25) is 0 Å². The van der Waals surface area contributed by atoms with Crippen molar-refractivity contribution in [3.05, 3.63) is 29.6 Å². The molecule has 0 heterocycles. The summed E-state index contributed by atoms with van der Waals surface area (Å²) in [5.41, 5.74) is 3.37. The summed E-state index contributed by atoms with van der Waals surface area (Å²) in [7, 11) is -3.78. The largest absolute Gasteiger partial charge is 0.419 e. The molecule has 0 spiro atoms. The van der Waals surface area contributed by atoms with E-state index < -0.39 is 27.6 Å². The number of anilines is 1. The number of nitrogens with one attached hydrogen (secondary N) is 1. The van der Waals surface area contributed by atoms with Gasteiger partial charge in [-0.25, -0.2) is 12.8 Å². The number of hydrogen-bond acceptors (Lipinski definition) is 3.